The third-order valence-corrected chi connectivity index (χ3v) is 4.17. The fourth-order valence-electron chi connectivity index (χ4n) is 1.89. The van der Waals surface area contributed by atoms with Crippen molar-refractivity contribution in [3.8, 4) is 5.69 Å². The van der Waals surface area contributed by atoms with Crippen LogP contribution in [0.2, 0.25) is 0 Å². The predicted molar refractivity (Wildman–Crippen MR) is 79.5 cm³/mol. The molecule has 2 heterocycles. The number of hydrogen-bond donors (Lipinski definition) is 0. The average molecular weight is 314 g/mol. The molecule has 1 atom stereocenters. The average Bonchev–Trinajstić information content (AvgIpc) is 2.93. The number of benzene rings is 1. The summed E-state index contributed by atoms with van der Waals surface area (Å²) in [5, 5.41) is 18.8. The van der Waals surface area contributed by atoms with Gasteiger partial charge in [0.25, 0.3) is 0 Å². The predicted octanol–water partition coefficient (Wildman–Crippen LogP) is 0.749. The van der Waals surface area contributed by atoms with Crippen LogP contribution in [-0.2, 0) is 4.79 Å². The molecule has 3 rings (SSSR count). The first-order valence-electron chi connectivity index (χ1n) is 6.57. The number of carboxylic acids is 1. The van der Waals surface area contributed by atoms with E-state index in [0.29, 0.717) is 16.2 Å². The molecule has 112 valence electrons. The zero-order valence-electron chi connectivity index (χ0n) is 11.9. The van der Waals surface area contributed by atoms with Gasteiger partial charge in [0.1, 0.15) is 11.4 Å². The fourth-order valence-corrected chi connectivity index (χ4v) is 2.67. The van der Waals surface area contributed by atoms with E-state index in [1.165, 1.54) is 6.33 Å². The summed E-state index contributed by atoms with van der Waals surface area (Å²) in [5.74, 6) is -1.15. The van der Waals surface area contributed by atoms with E-state index in [1.807, 2.05) is 31.2 Å². The number of aliphatic carboxylic acids is 1. The quantitative estimate of drug-likeness (QED) is 0.518. The lowest BCUT2D eigenvalue weighted by molar-refractivity contribution is -0.304. The highest BCUT2D eigenvalue weighted by Gasteiger charge is 2.16. The molecule has 3 aromatic rings. The van der Waals surface area contributed by atoms with Crippen molar-refractivity contribution in [1.82, 2.24) is 25.0 Å². The minimum absolute atomic E-state index is 0.472. The molecule has 0 saturated carbocycles. The van der Waals surface area contributed by atoms with Crippen LogP contribution in [0, 0.1) is 6.92 Å². The van der Waals surface area contributed by atoms with Crippen LogP contribution < -0.4 is 5.11 Å². The van der Waals surface area contributed by atoms with Gasteiger partial charge in [0.15, 0.2) is 11.2 Å². The van der Waals surface area contributed by atoms with Crippen molar-refractivity contribution < 1.29 is 9.90 Å². The SMILES string of the molecule is Cc1ccc(-n2nnc3c(S[C@H](C)C(=O)[O-])ncnc32)cc1. The summed E-state index contributed by atoms with van der Waals surface area (Å²) < 4.78 is 1.60. The van der Waals surface area contributed by atoms with Crippen LogP contribution in [0.4, 0.5) is 0 Å². The maximum Gasteiger partial charge on any atom is 0.187 e. The van der Waals surface area contributed by atoms with Gasteiger partial charge in [-0.2, -0.15) is 4.68 Å². The Kier molecular flexibility index (Phi) is 3.76. The molecule has 0 aliphatic heterocycles. The van der Waals surface area contributed by atoms with Crippen molar-refractivity contribution in [2.24, 2.45) is 0 Å². The summed E-state index contributed by atoms with van der Waals surface area (Å²) in [6.07, 6.45) is 1.38. The number of carbonyl (C=O) groups excluding carboxylic acids is 1. The van der Waals surface area contributed by atoms with Crippen LogP contribution in [0.1, 0.15) is 12.5 Å². The van der Waals surface area contributed by atoms with Gasteiger partial charge >= 0.3 is 0 Å². The van der Waals surface area contributed by atoms with Crippen LogP contribution in [0.3, 0.4) is 0 Å². The molecule has 1 aromatic carbocycles. The summed E-state index contributed by atoms with van der Waals surface area (Å²) in [5.41, 5.74) is 2.98. The minimum atomic E-state index is -1.15. The molecular weight excluding hydrogens is 302 g/mol. The highest BCUT2D eigenvalue weighted by Crippen LogP contribution is 2.27. The van der Waals surface area contributed by atoms with Gasteiger partial charge in [0, 0.05) is 5.25 Å². The first-order chi connectivity index (χ1) is 10.6. The summed E-state index contributed by atoms with van der Waals surface area (Å²) in [7, 11) is 0. The van der Waals surface area contributed by atoms with E-state index in [-0.39, 0.29) is 0 Å². The van der Waals surface area contributed by atoms with Gasteiger partial charge in [-0.3, -0.25) is 0 Å². The van der Waals surface area contributed by atoms with E-state index < -0.39 is 11.2 Å². The minimum Gasteiger partial charge on any atom is -0.549 e. The van der Waals surface area contributed by atoms with Gasteiger partial charge in [-0.1, -0.05) is 34.7 Å². The second-order valence-electron chi connectivity index (χ2n) is 4.77. The van der Waals surface area contributed by atoms with E-state index in [1.54, 1.807) is 11.6 Å². The number of aromatic nitrogens is 5. The number of fused-ring (bicyclic) bond motifs is 1. The lowest BCUT2D eigenvalue weighted by Crippen LogP contribution is -2.31. The molecule has 7 nitrogen and oxygen atoms in total. The summed E-state index contributed by atoms with van der Waals surface area (Å²) >= 11 is 1.06. The first-order valence-corrected chi connectivity index (χ1v) is 7.45. The van der Waals surface area contributed by atoms with Gasteiger partial charge in [-0.25, -0.2) is 9.97 Å². The molecule has 8 heteroatoms. The third-order valence-electron chi connectivity index (χ3n) is 3.10. The number of nitrogens with zero attached hydrogens (tertiary/aromatic N) is 5. The number of hydrogen-bond acceptors (Lipinski definition) is 7. The van der Waals surface area contributed by atoms with Crippen LogP contribution in [-0.4, -0.2) is 36.2 Å². The smallest absolute Gasteiger partial charge is 0.187 e. The molecule has 2 aromatic heterocycles. The standard InChI is InChI=1S/C14H13N5O2S/c1-8-3-5-10(6-4-8)19-12-11(17-18-19)13(16-7-15-12)22-9(2)14(20)21/h3-7,9H,1-2H3,(H,20,21)/p-1/t9-/m1/s1. The van der Waals surface area contributed by atoms with Crippen LogP contribution in [0.15, 0.2) is 35.6 Å². The second-order valence-corrected chi connectivity index (χ2v) is 6.10. The molecule has 0 radical (unpaired) electrons. The number of carboxylic acid groups (broad SMARTS) is 1. The monoisotopic (exact) mass is 314 g/mol. The highest BCUT2D eigenvalue weighted by atomic mass is 32.2. The van der Waals surface area contributed by atoms with Crippen molar-refractivity contribution in [2.45, 2.75) is 24.1 Å². The maximum absolute atomic E-state index is 10.9. The number of thioether (sulfide) groups is 1. The number of rotatable bonds is 4. The Hall–Kier alpha value is -2.48. The first kappa shape index (κ1) is 14.5. The molecule has 0 aliphatic rings. The molecule has 0 spiro atoms. The Morgan fingerprint density at radius 2 is 2.00 bits per heavy atom. The van der Waals surface area contributed by atoms with E-state index in [4.69, 9.17) is 0 Å². The Morgan fingerprint density at radius 3 is 2.68 bits per heavy atom. The van der Waals surface area contributed by atoms with Crippen molar-refractivity contribution in [1.29, 1.82) is 0 Å². The molecule has 0 aliphatic carbocycles. The summed E-state index contributed by atoms with van der Waals surface area (Å²) in [6, 6.07) is 7.78. The molecule has 0 fully saturated rings. The Balaban J connectivity index is 2.05. The van der Waals surface area contributed by atoms with Gasteiger partial charge < -0.3 is 9.90 Å². The summed E-state index contributed by atoms with van der Waals surface area (Å²) in [4.78, 5) is 19.2. The fraction of sp³-hybridized carbons (Fsp3) is 0.214. The molecule has 22 heavy (non-hydrogen) atoms. The van der Waals surface area contributed by atoms with Crippen molar-refractivity contribution in [2.75, 3.05) is 0 Å². The third kappa shape index (κ3) is 2.64. The van der Waals surface area contributed by atoms with E-state index in [2.05, 4.69) is 20.3 Å². The number of carbonyl (C=O) groups is 1. The lowest BCUT2D eigenvalue weighted by Gasteiger charge is -2.10. The highest BCUT2D eigenvalue weighted by molar-refractivity contribution is 8.00. The Bertz CT molecular complexity index is 831. The van der Waals surface area contributed by atoms with Crippen LogP contribution in [0.5, 0.6) is 0 Å². The largest absolute Gasteiger partial charge is 0.549 e. The molecule has 0 amide bonds. The second kappa shape index (κ2) is 5.72. The zero-order valence-corrected chi connectivity index (χ0v) is 12.7. The molecule has 0 bridgehead atoms. The topological polar surface area (TPSA) is 96.6 Å². The van der Waals surface area contributed by atoms with Crippen molar-refractivity contribution >= 4 is 28.9 Å². The van der Waals surface area contributed by atoms with Crippen molar-refractivity contribution in [3.05, 3.63) is 36.2 Å². The Labute approximate surface area is 130 Å². The Morgan fingerprint density at radius 1 is 1.27 bits per heavy atom. The van der Waals surface area contributed by atoms with E-state index >= 15 is 0 Å². The van der Waals surface area contributed by atoms with Gasteiger partial charge in [-0.05, 0) is 26.0 Å². The van der Waals surface area contributed by atoms with E-state index in [9.17, 15) is 9.90 Å². The normalized spacial score (nSPS) is 12.5. The maximum atomic E-state index is 10.9. The van der Waals surface area contributed by atoms with Crippen LogP contribution in [0.25, 0.3) is 16.9 Å². The van der Waals surface area contributed by atoms with E-state index in [0.717, 1.165) is 23.0 Å². The number of aryl methyl sites for hydroxylation is 1. The molecular formula is C14H12N5O2S-. The molecule has 0 N–H and O–H groups in total. The van der Waals surface area contributed by atoms with Crippen molar-refractivity contribution in [3.63, 3.8) is 0 Å². The van der Waals surface area contributed by atoms with Crippen LogP contribution >= 0.6 is 11.8 Å². The summed E-state index contributed by atoms with van der Waals surface area (Å²) in [6.45, 7) is 3.54. The zero-order chi connectivity index (χ0) is 15.7. The molecule has 0 saturated heterocycles. The lowest BCUT2D eigenvalue weighted by atomic mass is 10.2. The van der Waals surface area contributed by atoms with Gasteiger partial charge in [-0.15, -0.1) is 5.10 Å². The van der Waals surface area contributed by atoms with Gasteiger partial charge in [0.2, 0.25) is 0 Å². The van der Waals surface area contributed by atoms with Gasteiger partial charge in [0.05, 0.1) is 11.7 Å². The molecule has 0 unspecified atom stereocenters.